The molecule has 54 valence electrons. The van der Waals surface area contributed by atoms with Crippen LogP contribution in [0.5, 0.6) is 0 Å². The summed E-state index contributed by atoms with van der Waals surface area (Å²) in [6.45, 7) is -0.372. The maximum atomic E-state index is 10.6. The van der Waals surface area contributed by atoms with Crippen molar-refractivity contribution in [3.63, 3.8) is 0 Å². The summed E-state index contributed by atoms with van der Waals surface area (Å²) < 4.78 is 28.4. The minimum atomic E-state index is -2.52. The van der Waals surface area contributed by atoms with Crippen LogP contribution in [0.25, 0.3) is 0 Å². The van der Waals surface area contributed by atoms with Crippen LogP contribution in [0, 0.1) is 0 Å². The zero-order valence-corrected chi connectivity index (χ0v) is 5.09. The first-order valence-corrected chi connectivity index (χ1v) is 2.34. The third-order valence-electron chi connectivity index (χ3n) is 0.767. The van der Waals surface area contributed by atoms with E-state index in [0.29, 0.717) is 0 Å². The predicted molar refractivity (Wildman–Crippen MR) is 31.9 cm³/mol. The van der Waals surface area contributed by atoms with Gasteiger partial charge in [0.15, 0.2) is 0 Å². The lowest BCUT2D eigenvalue weighted by atomic mass is 10.3. The normalized spacial score (nSPS) is 19.1. The van der Waals surface area contributed by atoms with Gasteiger partial charge in [-0.3, -0.25) is 4.79 Å². The Bertz CT molecular complexity index is 159. The van der Waals surface area contributed by atoms with Crippen molar-refractivity contribution in [3.8, 4) is 0 Å². The molecule has 0 unspecified atom stereocenters. The Morgan fingerprint density at radius 2 is 2.67 bits per heavy atom. The van der Waals surface area contributed by atoms with E-state index in [1.807, 2.05) is 0 Å². The van der Waals surface area contributed by atoms with Crippen molar-refractivity contribution in [1.29, 1.82) is 0 Å². The molecule has 0 aromatic carbocycles. The van der Waals surface area contributed by atoms with E-state index in [1.165, 1.54) is 0 Å². The lowest BCUT2D eigenvalue weighted by molar-refractivity contribution is -0.143. The second-order valence-electron chi connectivity index (χ2n) is 1.44. The maximum Gasteiger partial charge on any atom is 0.325 e. The van der Waals surface area contributed by atoms with Crippen molar-refractivity contribution >= 4 is 5.97 Å². The highest BCUT2D eigenvalue weighted by Gasteiger charge is 2.11. The van der Waals surface area contributed by atoms with Crippen LogP contribution >= 0.6 is 0 Å². The van der Waals surface area contributed by atoms with Crippen LogP contribution in [0.15, 0.2) is 0 Å². The van der Waals surface area contributed by atoms with E-state index >= 15 is 0 Å². The summed E-state index contributed by atoms with van der Waals surface area (Å²) in [5, 5.41) is 0. The SMILES string of the molecule is [2H]C([2H])([2H])OC[C@H](N)C(=O)OC. The van der Waals surface area contributed by atoms with E-state index in [-0.39, 0.29) is 6.61 Å². The Kier molecular flexibility index (Phi) is 2.02. The summed E-state index contributed by atoms with van der Waals surface area (Å²) in [5.74, 6) is -0.695. The zero-order valence-electron chi connectivity index (χ0n) is 8.09. The molecule has 0 rings (SSSR count). The fraction of sp³-hybridized carbons (Fsp3) is 0.800. The lowest BCUT2D eigenvalue weighted by Crippen LogP contribution is -2.35. The number of methoxy groups -OCH3 is 2. The lowest BCUT2D eigenvalue weighted by Gasteiger charge is -2.05. The Balaban J connectivity index is 3.72. The summed E-state index contributed by atoms with van der Waals surface area (Å²) in [4.78, 5) is 10.6. The predicted octanol–water partition coefficient (Wildman–Crippen LogP) is -0.867. The van der Waals surface area contributed by atoms with E-state index in [4.69, 9.17) is 9.85 Å². The minimum absolute atomic E-state index is 0.372. The molecular formula is C5H11NO3. The average molecular weight is 136 g/mol. The van der Waals surface area contributed by atoms with Crippen LogP contribution in [0.2, 0.25) is 0 Å². The highest BCUT2D eigenvalue weighted by molar-refractivity contribution is 5.75. The smallest absolute Gasteiger partial charge is 0.325 e. The van der Waals surface area contributed by atoms with E-state index < -0.39 is 19.0 Å². The molecule has 0 aromatic rings. The topological polar surface area (TPSA) is 61.5 Å². The first-order chi connectivity index (χ1) is 5.37. The molecule has 0 heterocycles. The van der Waals surface area contributed by atoms with Gasteiger partial charge < -0.3 is 15.2 Å². The molecule has 0 aliphatic rings. The van der Waals surface area contributed by atoms with Gasteiger partial charge in [0.25, 0.3) is 0 Å². The highest BCUT2D eigenvalue weighted by atomic mass is 16.5. The molecule has 0 aliphatic carbocycles. The van der Waals surface area contributed by atoms with Crippen molar-refractivity contribution in [3.05, 3.63) is 0 Å². The van der Waals surface area contributed by atoms with Crippen LogP contribution in [-0.2, 0) is 14.3 Å². The highest BCUT2D eigenvalue weighted by Crippen LogP contribution is 1.82. The number of carbonyl (C=O) groups excluding carboxylic acids is 1. The number of nitrogens with two attached hydrogens (primary N) is 1. The van der Waals surface area contributed by atoms with Crippen LogP contribution < -0.4 is 5.73 Å². The second-order valence-corrected chi connectivity index (χ2v) is 1.44. The molecule has 0 spiro atoms. The monoisotopic (exact) mass is 136 g/mol. The van der Waals surface area contributed by atoms with Gasteiger partial charge in [0.05, 0.1) is 17.8 Å². The van der Waals surface area contributed by atoms with Crippen molar-refractivity contribution in [2.45, 2.75) is 6.04 Å². The quantitative estimate of drug-likeness (QED) is 0.512. The molecule has 0 aromatic heterocycles. The van der Waals surface area contributed by atoms with E-state index in [2.05, 4.69) is 9.47 Å². The van der Waals surface area contributed by atoms with Gasteiger partial charge in [-0.1, -0.05) is 0 Å². The first kappa shape index (κ1) is 4.24. The third-order valence-corrected chi connectivity index (χ3v) is 0.767. The molecule has 0 fully saturated rings. The van der Waals surface area contributed by atoms with Crippen molar-refractivity contribution in [2.75, 3.05) is 20.8 Å². The zero-order chi connectivity index (χ0) is 9.78. The first-order valence-electron chi connectivity index (χ1n) is 3.84. The molecule has 0 radical (unpaired) electrons. The van der Waals surface area contributed by atoms with E-state index in [9.17, 15) is 4.79 Å². The summed E-state index contributed by atoms with van der Waals surface area (Å²) in [6, 6.07) is -1.05. The summed E-state index contributed by atoms with van der Waals surface area (Å²) in [5.41, 5.74) is 5.19. The van der Waals surface area contributed by atoms with Crippen LogP contribution in [0.4, 0.5) is 0 Å². The van der Waals surface area contributed by atoms with Crippen LogP contribution in [-0.4, -0.2) is 32.8 Å². The second kappa shape index (κ2) is 4.29. The van der Waals surface area contributed by atoms with Crippen LogP contribution in [0.1, 0.15) is 4.11 Å². The average Bonchev–Trinajstić information content (AvgIpc) is 1.97. The number of hydrogen-bond donors (Lipinski definition) is 1. The van der Waals surface area contributed by atoms with E-state index in [1.54, 1.807) is 0 Å². The fourth-order valence-electron chi connectivity index (χ4n) is 0.309. The third kappa shape index (κ3) is 3.05. The van der Waals surface area contributed by atoms with Gasteiger partial charge in [-0.05, 0) is 0 Å². The van der Waals surface area contributed by atoms with Gasteiger partial charge in [-0.25, -0.2) is 0 Å². The Labute approximate surface area is 58.1 Å². The summed E-state index contributed by atoms with van der Waals surface area (Å²) >= 11 is 0. The number of esters is 1. The van der Waals surface area contributed by atoms with Crippen molar-refractivity contribution in [2.24, 2.45) is 5.73 Å². The number of carbonyl (C=O) groups is 1. The molecule has 2 N–H and O–H groups in total. The van der Waals surface area contributed by atoms with E-state index in [0.717, 1.165) is 7.11 Å². The molecule has 0 amide bonds. The van der Waals surface area contributed by atoms with Crippen molar-refractivity contribution in [1.82, 2.24) is 0 Å². The fourth-order valence-corrected chi connectivity index (χ4v) is 0.309. The Hall–Kier alpha value is -0.610. The molecule has 1 atom stereocenters. The molecule has 0 saturated carbocycles. The Morgan fingerprint density at radius 1 is 2.00 bits per heavy atom. The molecule has 0 bridgehead atoms. The van der Waals surface area contributed by atoms with Crippen molar-refractivity contribution < 1.29 is 18.4 Å². The minimum Gasteiger partial charge on any atom is -0.468 e. The largest absolute Gasteiger partial charge is 0.468 e. The summed E-state index contributed by atoms with van der Waals surface area (Å²) in [6.07, 6.45) is 0. The summed E-state index contributed by atoms with van der Waals surface area (Å²) in [7, 11) is -1.36. The van der Waals surface area contributed by atoms with Gasteiger partial charge >= 0.3 is 5.97 Å². The molecular weight excluding hydrogens is 122 g/mol. The van der Waals surface area contributed by atoms with Gasteiger partial charge in [-0.2, -0.15) is 0 Å². The van der Waals surface area contributed by atoms with Gasteiger partial charge in [0, 0.05) is 7.04 Å². The van der Waals surface area contributed by atoms with Gasteiger partial charge in [0.1, 0.15) is 6.04 Å². The Morgan fingerprint density at radius 3 is 3.11 bits per heavy atom. The van der Waals surface area contributed by atoms with Crippen LogP contribution in [0.3, 0.4) is 0 Å². The number of hydrogen-bond acceptors (Lipinski definition) is 4. The molecule has 0 saturated heterocycles. The standard InChI is InChI=1S/C5H11NO3/c1-8-3-4(6)5(7)9-2/h4H,3,6H2,1-2H3/t4-/m0/s1/i1D3. The molecule has 9 heavy (non-hydrogen) atoms. The molecule has 4 nitrogen and oxygen atoms in total. The van der Waals surface area contributed by atoms with Gasteiger partial charge in [-0.15, -0.1) is 0 Å². The maximum absolute atomic E-state index is 10.6. The van der Waals surface area contributed by atoms with Gasteiger partial charge in [0.2, 0.25) is 0 Å². The number of rotatable bonds is 3. The number of ether oxygens (including phenoxy) is 2. The molecule has 0 aliphatic heterocycles. The molecule has 4 heteroatoms.